The molecule has 0 aliphatic heterocycles. The first-order valence-corrected chi connectivity index (χ1v) is 5.82. The normalized spacial score (nSPS) is 9.53. The minimum absolute atomic E-state index is 1.16. The van der Waals surface area contributed by atoms with E-state index in [-0.39, 0.29) is 0 Å². The third kappa shape index (κ3) is 2.96. The molecule has 0 radical (unpaired) electrons. The Morgan fingerprint density at radius 1 is 0.941 bits per heavy atom. The molecule has 0 heteroatoms. The summed E-state index contributed by atoms with van der Waals surface area (Å²) in [7, 11) is 0. The van der Waals surface area contributed by atoms with Gasteiger partial charge in [-0.25, -0.2) is 0 Å². The Bertz CT molecular complexity index is 556. The molecule has 0 aromatic heterocycles. The van der Waals surface area contributed by atoms with E-state index in [4.69, 9.17) is 0 Å². The van der Waals surface area contributed by atoms with E-state index < -0.39 is 0 Å². The van der Waals surface area contributed by atoms with Gasteiger partial charge in [-0.05, 0) is 42.2 Å². The van der Waals surface area contributed by atoms with E-state index in [0.29, 0.717) is 0 Å². The molecule has 0 aliphatic rings. The van der Waals surface area contributed by atoms with Gasteiger partial charge >= 0.3 is 0 Å². The number of benzene rings is 2. The molecule has 2 aromatic rings. The second-order valence-corrected chi connectivity index (χ2v) is 4.14. The van der Waals surface area contributed by atoms with Crippen LogP contribution in [0.5, 0.6) is 0 Å². The van der Waals surface area contributed by atoms with E-state index in [0.717, 1.165) is 5.57 Å². The van der Waals surface area contributed by atoms with Crippen molar-refractivity contribution < 1.29 is 0 Å². The van der Waals surface area contributed by atoms with Gasteiger partial charge in [-0.2, -0.15) is 0 Å². The van der Waals surface area contributed by atoms with Crippen LogP contribution in [0, 0.1) is 6.92 Å². The average molecular weight is 220 g/mol. The van der Waals surface area contributed by atoms with Gasteiger partial charge in [0.15, 0.2) is 0 Å². The lowest BCUT2D eigenvalue weighted by Crippen LogP contribution is -1.78. The number of rotatable bonds is 2. The number of allylic oxidation sites excluding steroid dienone is 1. The summed E-state index contributed by atoms with van der Waals surface area (Å²) >= 11 is 0. The monoisotopic (exact) mass is 220 g/mol. The molecule has 17 heavy (non-hydrogen) atoms. The van der Waals surface area contributed by atoms with Crippen LogP contribution in [0.25, 0.3) is 11.6 Å². The number of hydrogen-bond donors (Lipinski definition) is 0. The summed E-state index contributed by atoms with van der Waals surface area (Å²) in [6.07, 6.45) is 2.05. The molecule has 0 bridgehead atoms. The van der Waals surface area contributed by atoms with Crippen LogP contribution in [0.4, 0.5) is 0 Å². The van der Waals surface area contributed by atoms with Crippen molar-refractivity contribution in [2.24, 2.45) is 0 Å². The molecule has 84 valence electrons. The van der Waals surface area contributed by atoms with Gasteiger partial charge in [0.05, 0.1) is 0 Å². The van der Waals surface area contributed by atoms with E-state index in [9.17, 15) is 0 Å². The van der Waals surface area contributed by atoms with Crippen LogP contribution in [0.3, 0.4) is 0 Å². The van der Waals surface area contributed by atoms with Gasteiger partial charge in [-0.15, -0.1) is 5.73 Å². The maximum atomic E-state index is 3.35. The maximum absolute atomic E-state index is 3.35. The second kappa shape index (κ2) is 5.34. The van der Waals surface area contributed by atoms with E-state index in [1.54, 1.807) is 0 Å². The maximum Gasteiger partial charge on any atom is -0.00188 e. The summed E-state index contributed by atoms with van der Waals surface area (Å²) in [5.41, 5.74) is 8.23. The Balaban J connectivity index is 2.34. The molecule has 0 saturated heterocycles. The van der Waals surface area contributed by atoms with Crippen molar-refractivity contribution in [3.63, 3.8) is 0 Å². The standard InChI is InChI=1S/C17H16/c1-14-8-6-7-11-17(14)13-12-15(2)16-9-4-3-5-10-16/h3-11,13H,1-2H3. The first-order valence-electron chi connectivity index (χ1n) is 5.82. The third-order valence-electron chi connectivity index (χ3n) is 2.84. The van der Waals surface area contributed by atoms with Crippen molar-refractivity contribution in [2.75, 3.05) is 0 Å². The molecular weight excluding hydrogens is 204 g/mol. The molecule has 2 aromatic carbocycles. The minimum atomic E-state index is 1.16. The second-order valence-electron chi connectivity index (χ2n) is 4.14. The van der Waals surface area contributed by atoms with Gasteiger partial charge in [-0.1, -0.05) is 54.6 Å². The van der Waals surface area contributed by atoms with Gasteiger partial charge in [0.1, 0.15) is 0 Å². The molecule has 0 unspecified atom stereocenters. The fourth-order valence-corrected chi connectivity index (χ4v) is 1.71. The van der Waals surface area contributed by atoms with Gasteiger partial charge in [0.25, 0.3) is 0 Å². The number of aryl methyl sites for hydroxylation is 1. The summed E-state index contributed by atoms with van der Waals surface area (Å²) < 4.78 is 0. The number of hydrogen-bond acceptors (Lipinski definition) is 0. The SMILES string of the molecule is CC(=C=Cc1ccccc1C)c1ccccc1. The quantitative estimate of drug-likeness (QED) is 0.643. The van der Waals surface area contributed by atoms with Crippen molar-refractivity contribution in [3.05, 3.63) is 77.0 Å². The molecule has 0 spiro atoms. The molecular formula is C17H16. The third-order valence-corrected chi connectivity index (χ3v) is 2.84. The van der Waals surface area contributed by atoms with Gasteiger partial charge in [0.2, 0.25) is 0 Å². The van der Waals surface area contributed by atoms with Crippen molar-refractivity contribution in [1.82, 2.24) is 0 Å². The first-order chi connectivity index (χ1) is 8.27. The van der Waals surface area contributed by atoms with Crippen LogP contribution in [-0.4, -0.2) is 0 Å². The average Bonchev–Trinajstić information content (AvgIpc) is 2.38. The molecule has 0 amide bonds. The van der Waals surface area contributed by atoms with E-state index in [1.807, 2.05) is 18.2 Å². The van der Waals surface area contributed by atoms with Crippen molar-refractivity contribution >= 4 is 11.6 Å². The van der Waals surface area contributed by atoms with Crippen LogP contribution in [0.15, 0.2) is 60.3 Å². The molecule has 0 heterocycles. The Morgan fingerprint density at radius 3 is 2.29 bits per heavy atom. The van der Waals surface area contributed by atoms with Crippen molar-refractivity contribution in [1.29, 1.82) is 0 Å². The zero-order chi connectivity index (χ0) is 12.1. The highest BCUT2D eigenvalue weighted by molar-refractivity contribution is 5.68. The van der Waals surface area contributed by atoms with Gasteiger partial charge < -0.3 is 0 Å². The van der Waals surface area contributed by atoms with E-state index >= 15 is 0 Å². The van der Waals surface area contributed by atoms with Crippen molar-refractivity contribution in [3.8, 4) is 0 Å². The summed E-state index contributed by atoms with van der Waals surface area (Å²) in [6.45, 7) is 4.20. The Morgan fingerprint density at radius 2 is 1.59 bits per heavy atom. The van der Waals surface area contributed by atoms with E-state index in [2.05, 4.69) is 62.1 Å². The summed E-state index contributed by atoms with van der Waals surface area (Å²) in [5.74, 6) is 0. The zero-order valence-corrected chi connectivity index (χ0v) is 10.3. The smallest absolute Gasteiger partial charge is 0.00188 e. The van der Waals surface area contributed by atoms with Crippen LogP contribution in [0.2, 0.25) is 0 Å². The Hall–Kier alpha value is -2.04. The topological polar surface area (TPSA) is 0 Å². The fraction of sp³-hybridized carbons (Fsp3) is 0.118. The molecule has 0 nitrogen and oxygen atoms in total. The summed E-state index contributed by atoms with van der Waals surface area (Å²) in [4.78, 5) is 0. The predicted molar refractivity (Wildman–Crippen MR) is 74.7 cm³/mol. The Kier molecular flexibility index (Phi) is 3.59. The van der Waals surface area contributed by atoms with Gasteiger partial charge in [0, 0.05) is 0 Å². The van der Waals surface area contributed by atoms with Crippen LogP contribution in [0.1, 0.15) is 23.6 Å². The van der Waals surface area contributed by atoms with E-state index in [1.165, 1.54) is 16.7 Å². The summed E-state index contributed by atoms with van der Waals surface area (Å²) in [5, 5.41) is 0. The summed E-state index contributed by atoms with van der Waals surface area (Å²) in [6, 6.07) is 18.7. The van der Waals surface area contributed by atoms with Crippen LogP contribution in [-0.2, 0) is 0 Å². The lowest BCUT2D eigenvalue weighted by atomic mass is 10.1. The van der Waals surface area contributed by atoms with Crippen LogP contribution >= 0.6 is 0 Å². The molecule has 0 atom stereocenters. The highest BCUT2D eigenvalue weighted by Crippen LogP contribution is 2.13. The fourth-order valence-electron chi connectivity index (χ4n) is 1.71. The first kappa shape index (κ1) is 11.4. The molecule has 0 saturated carbocycles. The molecule has 0 aliphatic carbocycles. The molecule has 2 rings (SSSR count). The highest BCUT2D eigenvalue weighted by Gasteiger charge is 1.92. The Labute approximate surface area is 103 Å². The van der Waals surface area contributed by atoms with Crippen LogP contribution < -0.4 is 0 Å². The lowest BCUT2D eigenvalue weighted by Gasteiger charge is -1.98. The molecule has 0 N–H and O–H groups in total. The van der Waals surface area contributed by atoms with Crippen molar-refractivity contribution in [2.45, 2.75) is 13.8 Å². The lowest BCUT2D eigenvalue weighted by molar-refractivity contribution is 1.44. The molecule has 0 fully saturated rings. The largest absolute Gasteiger partial charge is 0.116 e. The zero-order valence-electron chi connectivity index (χ0n) is 10.3. The minimum Gasteiger partial charge on any atom is -0.116 e. The van der Waals surface area contributed by atoms with Gasteiger partial charge in [-0.3, -0.25) is 0 Å². The predicted octanol–water partition coefficient (Wildman–Crippen LogP) is 4.71. The highest BCUT2D eigenvalue weighted by atomic mass is 14.0.